The molecule has 0 aliphatic heterocycles. The van der Waals surface area contributed by atoms with Crippen LogP contribution in [0, 0.1) is 18.3 Å². The number of nitriles is 1. The number of nitrogens with one attached hydrogen (secondary N) is 1. The van der Waals surface area contributed by atoms with Gasteiger partial charge in [-0.25, -0.2) is 0 Å². The van der Waals surface area contributed by atoms with Crippen LogP contribution in [0.4, 0.5) is 5.69 Å². The zero-order valence-corrected chi connectivity index (χ0v) is 14.7. The van der Waals surface area contributed by atoms with Gasteiger partial charge in [0.05, 0.1) is 0 Å². The summed E-state index contributed by atoms with van der Waals surface area (Å²) in [4.78, 5) is 12.3. The quantitative estimate of drug-likeness (QED) is 0.781. The number of benzene rings is 2. The Kier molecular flexibility index (Phi) is 6.36. The van der Waals surface area contributed by atoms with Gasteiger partial charge in [-0.1, -0.05) is 44.2 Å². The van der Waals surface area contributed by atoms with Crippen molar-refractivity contribution in [3.8, 4) is 11.8 Å². The number of hydrogen-bond acceptors (Lipinski definition) is 3. The predicted octanol–water partition coefficient (Wildman–Crippen LogP) is 4.67. The molecule has 0 spiro atoms. The Morgan fingerprint density at radius 3 is 2.60 bits per heavy atom. The first-order chi connectivity index (χ1) is 12.0. The molecule has 4 nitrogen and oxygen atoms in total. The molecule has 1 amide bonds. The summed E-state index contributed by atoms with van der Waals surface area (Å²) in [5.41, 5.74) is 3.94. The van der Waals surface area contributed by atoms with Crippen LogP contribution in [0.5, 0.6) is 5.75 Å². The summed E-state index contributed by atoms with van der Waals surface area (Å²) in [6.07, 6.45) is 3.26. The standard InChI is InChI=1S/C21H22N2O2/c1-15(2)19-6-4-5-16(3)21(19)23-20(24)12-9-17-7-10-18(11-8-17)25-14-13-22/h4-12,15H,14H2,1-3H3,(H,23,24)/b12-9+. The maximum absolute atomic E-state index is 12.3. The molecule has 2 aromatic carbocycles. The number of ether oxygens (including phenoxy) is 1. The number of amides is 1. The summed E-state index contributed by atoms with van der Waals surface area (Å²) in [5, 5.41) is 11.5. The van der Waals surface area contributed by atoms with Crippen LogP contribution < -0.4 is 10.1 Å². The monoisotopic (exact) mass is 334 g/mol. The number of hydrogen-bond donors (Lipinski definition) is 1. The summed E-state index contributed by atoms with van der Waals surface area (Å²) in [7, 11) is 0. The van der Waals surface area contributed by atoms with E-state index in [4.69, 9.17) is 10.00 Å². The van der Waals surface area contributed by atoms with E-state index >= 15 is 0 Å². The van der Waals surface area contributed by atoms with E-state index in [0.29, 0.717) is 11.7 Å². The number of rotatable bonds is 6. The number of para-hydroxylation sites is 1. The Hall–Kier alpha value is -3.06. The molecule has 0 fully saturated rings. The first-order valence-electron chi connectivity index (χ1n) is 8.19. The molecule has 0 aliphatic carbocycles. The second kappa shape index (κ2) is 8.70. The highest BCUT2D eigenvalue weighted by molar-refractivity contribution is 6.02. The smallest absolute Gasteiger partial charge is 0.248 e. The van der Waals surface area contributed by atoms with Crippen LogP contribution in [0.2, 0.25) is 0 Å². The zero-order valence-electron chi connectivity index (χ0n) is 14.7. The minimum atomic E-state index is -0.166. The summed E-state index contributed by atoms with van der Waals surface area (Å²) in [6, 6.07) is 15.2. The van der Waals surface area contributed by atoms with Crippen LogP contribution in [0.3, 0.4) is 0 Å². The van der Waals surface area contributed by atoms with Crippen molar-refractivity contribution in [2.24, 2.45) is 0 Å². The van der Waals surface area contributed by atoms with Gasteiger partial charge in [0.1, 0.15) is 11.8 Å². The van der Waals surface area contributed by atoms with Gasteiger partial charge in [0.2, 0.25) is 5.91 Å². The lowest BCUT2D eigenvalue weighted by Gasteiger charge is -2.15. The second-order valence-electron chi connectivity index (χ2n) is 6.03. The van der Waals surface area contributed by atoms with Gasteiger partial charge < -0.3 is 10.1 Å². The van der Waals surface area contributed by atoms with Crippen LogP contribution in [-0.2, 0) is 4.79 Å². The van der Waals surface area contributed by atoms with Crippen LogP contribution in [0.1, 0.15) is 36.5 Å². The first kappa shape index (κ1) is 18.3. The van der Waals surface area contributed by atoms with Crippen LogP contribution in [0.15, 0.2) is 48.5 Å². The molecule has 0 bridgehead atoms. The third kappa shape index (κ3) is 5.22. The van der Waals surface area contributed by atoms with E-state index in [1.165, 1.54) is 6.08 Å². The van der Waals surface area contributed by atoms with Gasteiger partial charge in [-0.2, -0.15) is 5.26 Å². The molecule has 1 N–H and O–H groups in total. The van der Waals surface area contributed by atoms with E-state index < -0.39 is 0 Å². The van der Waals surface area contributed by atoms with Crippen molar-refractivity contribution < 1.29 is 9.53 Å². The van der Waals surface area contributed by atoms with Crippen molar-refractivity contribution in [2.45, 2.75) is 26.7 Å². The molecule has 0 saturated carbocycles. The van der Waals surface area contributed by atoms with E-state index in [1.54, 1.807) is 18.2 Å². The third-order valence-electron chi connectivity index (χ3n) is 3.79. The summed E-state index contributed by atoms with van der Waals surface area (Å²) >= 11 is 0. The van der Waals surface area contributed by atoms with Gasteiger partial charge in [-0.15, -0.1) is 0 Å². The maximum Gasteiger partial charge on any atom is 0.248 e. The number of anilines is 1. The fraction of sp³-hybridized carbons (Fsp3) is 0.238. The number of aryl methyl sites for hydroxylation is 1. The lowest BCUT2D eigenvalue weighted by Crippen LogP contribution is -2.11. The highest BCUT2D eigenvalue weighted by Crippen LogP contribution is 2.27. The highest BCUT2D eigenvalue weighted by Gasteiger charge is 2.10. The van der Waals surface area contributed by atoms with Crippen LogP contribution in [-0.4, -0.2) is 12.5 Å². The molecular weight excluding hydrogens is 312 g/mol. The summed E-state index contributed by atoms with van der Waals surface area (Å²) < 4.78 is 5.20. The lowest BCUT2D eigenvalue weighted by molar-refractivity contribution is -0.111. The number of carbonyl (C=O) groups excluding carboxylic acids is 1. The van der Waals surface area contributed by atoms with Gasteiger partial charge in [0, 0.05) is 11.8 Å². The van der Waals surface area contributed by atoms with Crippen molar-refractivity contribution in [3.63, 3.8) is 0 Å². The predicted molar refractivity (Wildman–Crippen MR) is 100 cm³/mol. The Morgan fingerprint density at radius 1 is 1.24 bits per heavy atom. The Labute approximate surface area is 148 Å². The Morgan fingerprint density at radius 2 is 1.96 bits per heavy atom. The molecule has 128 valence electrons. The van der Waals surface area contributed by atoms with Crippen LogP contribution >= 0.6 is 0 Å². The SMILES string of the molecule is Cc1cccc(C(C)C)c1NC(=O)/C=C/c1ccc(OCC#N)cc1. The Balaban J connectivity index is 2.05. The van der Waals surface area contributed by atoms with Gasteiger partial charge in [0.15, 0.2) is 6.61 Å². The van der Waals surface area contributed by atoms with Crippen molar-refractivity contribution >= 4 is 17.7 Å². The molecule has 4 heteroatoms. The molecule has 0 saturated heterocycles. The first-order valence-corrected chi connectivity index (χ1v) is 8.19. The average Bonchev–Trinajstić information content (AvgIpc) is 2.60. The largest absolute Gasteiger partial charge is 0.479 e. The topological polar surface area (TPSA) is 62.1 Å². The number of nitrogens with zero attached hydrogens (tertiary/aromatic N) is 1. The van der Waals surface area contributed by atoms with Crippen molar-refractivity contribution in [2.75, 3.05) is 11.9 Å². The molecule has 0 heterocycles. The fourth-order valence-electron chi connectivity index (χ4n) is 2.47. The van der Waals surface area contributed by atoms with E-state index in [-0.39, 0.29) is 12.5 Å². The molecule has 0 unspecified atom stereocenters. The molecule has 0 aromatic heterocycles. The molecule has 0 atom stereocenters. The van der Waals surface area contributed by atoms with Gasteiger partial charge in [-0.3, -0.25) is 4.79 Å². The third-order valence-corrected chi connectivity index (χ3v) is 3.79. The lowest BCUT2D eigenvalue weighted by atomic mass is 9.98. The maximum atomic E-state index is 12.3. The Bertz CT molecular complexity index is 800. The molecular formula is C21H22N2O2. The van der Waals surface area contributed by atoms with Crippen molar-refractivity contribution in [1.29, 1.82) is 5.26 Å². The highest BCUT2D eigenvalue weighted by atomic mass is 16.5. The summed E-state index contributed by atoms with van der Waals surface area (Å²) in [6.45, 7) is 6.23. The van der Waals surface area contributed by atoms with E-state index in [2.05, 4.69) is 19.2 Å². The average molecular weight is 334 g/mol. The second-order valence-corrected chi connectivity index (χ2v) is 6.03. The van der Waals surface area contributed by atoms with E-state index in [0.717, 1.165) is 22.4 Å². The molecule has 0 aliphatic rings. The zero-order chi connectivity index (χ0) is 18.2. The molecule has 2 aromatic rings. The van der Waals surface area contributed by atoms with Crippen molar-refractivity contribution in [3.05, 3.63) is 65.2 Å². The fourth-order valence-corrected chi connectivity index (χ4v) is 2.47. The van der Waals surface area contributed by atoms with E-state index in [9.17, 15) is 4.79 Å². The molecule has 0 radical (unpaired) electrons. The van der Waals surface area contributed by atoms with Crippen molar-refractivity contribution in [1.82, 2.24) is 0 Å². The molecule has 25 heavy (non-hydrogen) atoms. The van der Waals surface area contributed by atoms with Crippen LogP contribution in [0.25, 0.3) is 6.08 Å². The molecule has 2 rings (SSSR count). The van der Waals surface area contributed by atoms with E-state index in [1.807, 2.05) is 43.3 Å². The van der Waals surface area contributed by atoms with Gasteiger partial charge >= 0.3 is 0 Å². The minimum Gasteiger partial charge on any atom is -0.479 e. The normalized spacial score (nSPS) is 10.7. The van der Waals surface area contributed by atoms with Gasteiger partial charge in [0.25, 0.3) is 0 Å². The summed E-state index contributed by atoms with van der Waals surface area (Å²) in [5.74, 6) is 0.797. The minimum absolute atomic E-state index is 0.0200. The number of carbonyl (C=O) groups is 1. The van der Waals surface area contributed by atoms with Gasteiger partial charge in [-0.05, 0) is 47.7 Å².